The van der Waals surface area contributed by atoms with Crippen LogP contribution in [-0.2, 0) is 6.54 Å². The summed E-state index contributed by atoms with van der Waals surface area (Å²) >= 11 is 0. The van der Waals surface area contributed by atoms with E-state index in [1.807, 2.05) is 31.4 Å². The Kier molecular flexibility index (Phi) is 3.29. The molecule has 0 bridgehead atoms. The van der Waals surface area contributed by atoms with Gasteiger partial charge in [0.25, 0.3) is 0 Å². The standard InChI is InChI=1S/C16H16N4/c1-12-5-3-7-14-15(12)16(19-11-18-14)20(2)10-13-6-4-8-17-9-13/h3-9,11H,10H2,1-2H3. The molecule has 0 amide bonds. The Morgan fingerprint density at radius 1 is 1.10 bits per heavy atom. The number of pyridine rings is 1. The van der Waals surface area contributed by atoms with E-state index >= 15 is 0 Å². The van der Waals surface area contributed by atoms with Gasteiger partial charge in [0.05, 0.1) is 5.52 Å². The van der Waals surface area contributed by atoms with Crippen LogP contribution >= 0.6 is 0 Å². The van der Waals surface area contributed by atoms with Crippen molar-refractivity contribution in [2.75, 3.05) is 11.9 Å². The minimum Gasteiger partial charge on any atom is -0.355 e. The quantitative estimate of drug-likeness (QED) is 0.729. The number of benzene rings is 1. The number of rotatable bonds is 3. The highest BCUT2D eigenvalue weighted by Crippen LogP contribution is 2.26. The van der Waals surface area contributed by atoms with E-state index in [1.54, 1.807) is 12.5 Å². The largest absolute Gasteiger partial charge is 0.355 e. The first-order valence-electron chi connectivity index (χ1n) is 6.56. The van der Waals surface area contributed by atoms with E-state index in [4.69, 9.17) is 0 Å². The summed E-state index contributed by atoms with van der Waals surface area (Å²) < 4.78 is 0. The van der Waals surface area contributed by atoms with E-state index in [0.717, 1.165) is 28.8 Å². The average Bonchev–Trinajstić information content (AvgIpc) is 2.48. The van der Waals surface area contributed by atoms with Crippen LogP contribution in [0, 0.1) is 6.92 Å². The van der Waals surface area contributed by atoms with Crippen molar-refractivity contribution in [3.63, 3.8) is 0 Å². The smallest absolute Gasteiger partial charge is 0.140 e. The molecular formula is C16H16N4. The molecule has 0 atom stereocenters. The van der Waals surface area contributed by atoms with Crippen molar-refractivity contribution in [3.05, 3.63) is 60.2 Å². The molecule has 0 N–H and O–H groups in total. The first-order chi connectivity index (χ1) is 9.75. The fraction of sp³-hybridized carbons (Fsp3) is 0.188. The summed E-state index contributed by atoms with van der Waals surface area (Å²) in [5.74, 6) is 0.956. The van der Waals surface area contributed by atoms with Crippen molar-refractivity contribution >= 4 is 16.7 Å². The van der Waals surface area contributed by atoms with E-state index in [-0.39, 0.29) is 0 Å². The summed E-state index contributed by atoms with van der Waals surface area (Å²) in [4.78, 5) is 15.1. The second kappa shape index (κ2) is 5.25. The predicted octanol–water partition coefficient (Wildman–Crippen LogP) is 2.97. The van der Waals surface area contributed by atoms with Crippen molar-refractivity contribution in [2.24, 2.45) is 0 Å². The molecule has 0 radical (unpaired) electrons. The van der Waals surface area contributed by atoms with E-state index in [0.29, 0.717) is 0 Å². The number of anilines is 1. The Balaban J connectivity index is 2.01. The fourth-order valence-electron chi connectivity index (χ4n) is 2.39. The van der Waals surface area contributed by atoms with Gasteiger partial charge in [0.15, 0.2) is 0 Å². The summed E-state index contributed by atoms with van der Waals surface area (Å²) in [7, 11) is 2.04. The van der Waals surface area contributed by atoms with Gasteiger partial charge >= 0.3 is 0 Å². The highest BCUT2D eigenvalue weighted by Gasteiger charge is 2.10. The summed E-state index contributed by atoms with van der Waals surface area (Å²) in [6, 6.07) is 10.2. The number of aryl methyl sites for hydroxylation is 1. The van der Waals surface area contributed by atoms with Crippen LogP contribution < -0.4 is 4.90 Å². The van der Waals surface area contributed by atoms with Crippen molar-refractivity contribution < 1.29 is 0 Å². The average molecular weight is 264 g/mol. The van der Waals surface area contributed by atoms with Crippen LogP contribution in [0.1, 0.15) is 11.1 Å². The molecule has 3 rings (SSSR count). The van der Waals surface area contributed by atoms with Gasteiger partial charge in [0.2, 0.25) is 0 Å². The van der Waals surface area contributed by atoms with Crippen LogP contribution in [0.5, 0.6) is 0 Å². The minimum absolute atomic E-state index is 0.772. The van der Waals surface area contributed by atoms with Gasteiger partial charge in [-0.05, 0) is 30.2 Å². The maximum Gasteiger partial charge on any atom is 0.140 e. The zero-order valence-corrected chi connectivity index (χ0v) is 11.6. The van der Waals surface area contributed by atoms with E-state index in [2.05, 4.69) is 38.9 Å². The Morgan fingerprint density at radius 2 is 2.00 bits per heavy atom. The summed E-state index contributed by atoms with van der Waals surface area (Å²) in [5.41, 5.74) is 3.33. The number of aromatic nitrogens is 3. The Hall–Kier alpha value is -2.49. The second-order valence-corrected chi connectivity index (χ2v) is 4.88. The highest BCUT2D eigenvalue weighted by atomic mass is 15.2. The molecule has 3 aromatic rings. The molecule has 4 heteroatoms. The number of hydrogen-bond acceptors (Lipinski definition) is 4. The van der Waals surface area contributed by atoms with Crippen LogP contribution in [0.15, 0.2) is 49.1 Å². The molecule has 0 fully saturated rings. The third-order valence-electron chi connectivity index (χ3n) is 3.36. The molecule has 0 spiro atoms. The van der Waals surface area contributed by atoms with E-state index in [9.17, 15) is 0 Å². The topological polar surface area (TPSA) is 41.9 Å². The summed E-state index contributed by atoms with van der Waals surface area (Å²) in [5, 5.41) is 1.11. The molecule has 4 nitrogen and oxygen atoms in total. The Labute approximate surface area is 118 Å². The monoisotopic (exact) mass is 264 g/mol. The normalized spacial score (nSPS) is 10.7. The Morgan fingerprint density at radius 3 is 2.80 bits per heavy atom. The molecular weight excluding hydrogens is 248 g/mol. The predicted molar refractivity (Wildman–Crippen MR) is 80.6 cm³/mol. The summed E-state index contributed by atoms with van der Waals surface area (Å²) in [6.45, 7) is 2.86. The maximum atomic E-state index is 4.46. The highest BCUT2D eigenvalue weighted by molar-refractivity contribution is 5.92. The van der Waals surface area contributed by atoms with Crippen LogP contribution in [0.2, 0.25) is 0 Å². The van der Waals surface area contributed by atoms with Gasteiger partial charge in [-0.1, -0.05) is 18.2 Å². The lowest BCUT2D eigenvalue weighted by molar-refractivity contribution is 0.893. The van der Waals surface area contributed by atoms with Crippen LogP contribution in [-0.4, -0.2) is 22.0 Å². The number of nitrogens with zero attached hydrogens (tertiary/aromatic N) is 4. The Bertz CT molecular complexity index is 720. The van der Waals surface area contributed by atoms with Crippen LogP contribution in [0.3, 0.4) is 0 Å². The zero-order valence-electron chi connectivity index (χ0n) is 11.6. The van der Waals surface area contributed by atoms with Gasteiger partial charge in [0, 0.05) is 31.4 Å². The molecule has 0 aliphatic carbocycles. The lowest BCUT2D eigenvalue weighted by atomic mass is 10.1. The molecule has 0 saturated heterocycles. The molecule has 0 aliphatic rings. The zero-order chi connectivity index (χ0) is 13.9. The van der Waals surface area contributed by atoms with Gasteiger partial charge in [0.1, 0.15) is 12.1 Å². The first-order valence-corrected chi connectivity index (χ1v) is 6.56. The van der Waals surface area contributed by atoms with Crippen molar-refractivity contribution in [1.82, 2.24) is 15.0 Å². The third-order valence-corrected chi connectivity index (χ3v) is 3.36. The SMILES string of the molecule is Cc1cccc2ncnc(N(C)Cc3cccnc3)c12. The maximum absolute atomic E-state index is 4.46. The molecule has 2 heterocycles. The van der Waals surface area contributed by atoms with Gasteiger partial charge in [-0.15, -0.1) is 0 Å². The van der Waals surface area contributed by atoms with Crippen LogP contribution in [0.4, 0.5) is 5.82 Å². The second-order valence-electron chi connectivity index (χ2n) is 4.88. The summed E-state index contributed by atoms with van der Waals surface area (Å²) in [6.07, 6.45) is 5.29. The van der Waals surface area contributed by atoms with Crippen molar-refractivity contribution in [3.8, 4) is 0 Å². The molecule has 20 heavy (non-hydrogen) atoms. The van der Waals surface area contributed by atoms with Gasteiger partial charge < -0.3 is 4.90 Å². The van der Waals surface area contributed by atoms with Crippen molar-refractivity contribution in [1.29, 1.82) is 0 Å². The lowest BCUT2D eigenvalue weighted by Gasteiger charge is -2.20. The molecule has 0 aliphatic heterocycles. The van der Waals surface area contributed by atoms with Crippen LogP contribution in [0.25, 0.3) is 10.9 Å². The van der Waals surface area contributed by atoms with E-state index in [1.165, 1.54) is 5.56 Å². The fourth-order valence-corrected chi connectivity index (χ4v) is 2.39. The first kappa shape index (κ1) is 12.5. The van der Waals surface area contributed by atoms with E-state index < -0.39 is 0 Å². The van der Waals surface area contributed by atoms with Gasteiger partial charge in [-0.2, -0.15) is 0 Å². The molecule has 100 valence electrons. The molecule has 0 unspecified atom stereocenters. The van der Waals surface area contributed by atoms with Gasteiger partial charge in [-0.3, -0.25) is 4.98 Å². The van der Waals surface area contributed by atoms with Crippen molar-refractivity contribution in [2.45, 2.75) is 13.5 Å². The molecule has 0 saturated carbocycles. The third kappa shape index (κ3) is 2.32. The van der Waals surface area contributed by atoms with Gasteiger partial charge in [-0.25, -0.2) is 9.97 Å². The molecule has 2 aromatic heterocycles. The minimum atomic E-state index is 0.772. The molecule has 1 aromatic carbocycles. The lowest BCUT2D eigenvalue weighted by Crippen LogP contribution is -2.18. The number of fused-ring (bicyclic) bond motifs is 1. The number of hydrogen-bond donors (Lipinski definition) is 0.